The van der Waals surface area contributed by atoms with Crippen LogP contribution in [0, 0.1) is 0 Å². The Bertz CT molecular complexity index is 1040. The molecule has 27 heavy (non-hydrogen) atoms. The molecule has 5 rings (SSSR count). The van der Waals surface area contributed by atoms with Crippen molar-refractivity contribution < 1.29 is 0 Å². The first-order valence-corrected chi connectivity index (χ1v) is 9.42. The molecule has 5 heteroatoms. The normalized spacial score (nSPS) is 17.6. The second-order valence-electron chi connectivity index (χ2n) is 7.07. The Hall–Kier alpha value is -3.05. The summed E-state index contributed by atoms with van der Waals surface area (Å²) in [4.78, 5) is 6.62. The molecule has 0 amide bonds. The number of nitrogens with zero attached hydrogens (tertiary/aromatic N) is 5. The van der Waals surface area contributed by atoms with Crippen LogP contribution in [0.1, 0.15) is 30.1 Å². The van der Waals surface area contributed by atoms with Gasteiger partial charge in [0.2, 0.25) is 0 Å². The zero-order chi connectivity index (χ0) is 18.1. The lowest BCUT2D eigenvalue weighted by molar-refractivity contribution is 0.245. The van der Waals surface area contributed by atoms with E-state index in [2.05, 4.69) is 74.9 Å². The van der Waals surface area contributed by atoms with E-state index in [0.29, 0.717) is 6.04 Å². The van der Waals surface area contributed by atoms with Crippen LogP contribution in [0.3, 0.4) is 0 Å². The second-order valence-corrected chi connectivity index (χ2v) is 7.07. The van der Waals surface area contributed by atoms with E-state index >= 15 is 0 Å². The lowest BCUT2D eigenvalue weighted by atomic mass is 10.1. The zero-order valence-corrected chi connectivity index (χ0v) is 15.1. The highest BCUT2D eigenvalue weighted by Gasteiger charge is 2.29. The van der Waals surface area contributed by atoms with E-state index in [1.165, 1.54) is 17.5 Å². The molecule has 134 valence electrons. The third-order valence-corrected chi connectivity index (χ3v) is 5.36. The van der Waals surface area contributed by atoms with E-state index in [9.17, 15) is 0 Å². The molecule has 0 N–H and O–H groups in total. The summed E-state index contributed by atoms with van der Waals surface area (Å²) in [7, 11) is 0. The summed E-state index contributed by atoms with van der Waals surface area (Å²) in [5, 5.41) is 8.98. The first-order chi connectivity index (χ1) is 13.4. The van der Waals surface area contributed by atoms with Gasteiger partial charge >= 0.3 is 0 Å². The molecule has 1 atom stereocenters. The number of fused-ring (bicyclic) bond motifs is 1. The van der Waals surface area contributed by atoms with Gasteiger partial charge in [-0.2, -0.15) is 0 Å². The molecule has 0 aliphatic carbocycles. The molecule has 0 unspecified atom stereocenters. The fourth-order valence-corrected chi connectivity index (χ4v) is 4.00. The Labute approximate surface area is 158 Å². The van der Waals surface area contributed by atoms with Gasteiger partial charge in [0.05, 0.1) is 11.6 Å². The number of rotatable bonds is 4. The summed E-state index contributed by atoms with van der Waals surface area (Å²) in [6.07, 6.45) is 8.11. The number of benzene rings is 1. The first kappa shape index (κ1) is 16.1. The average Bonchev–Trinajstić information content (AvgIpc) is 3.35. The third kappa shape index (κ3) is 3.11. The molecule has 1 fully saturated rings. The molecule has 0 spiro atoms. The maximum atomic E-state index is 4.56. The molecule has 1 aliphatic rings. The van der Waals surface area contributed by atoms with Crippen molar-refractivity contribution in [1.82, 2.24) is 24.7 Å². The fourth-order valence-electron chi connectivity index (χ4n) is 4.00. The number of hydrogen-bond donors (Lipinski definition) is 0. The first-order valence-electron chi connectivity index (χ1n) is 9.42. The van der Waals surface area contributed by atoms with Crippen LogP contribution in [-0.4, -0.2) is 31.3 Å². The van der Waals surface area contributed by atoms with E-state index in [0.717, 1.165) is 36.3 Å². The molecular weight excluding hydrogens is 334 g/mol. The van der Waals surface area contributed by atoms with Gasteiger partial charge in [0.15, 0.2) is 0 Å². The SMILES string of the molecule is c1ccc(-c2ccc3c([C@@H]4CCCN4Cc4ccncc4)nnn3c2)cc1. The number of likely N-dealkylation sites (tertiary alicyclic amines) is 1. The summed E-state index contributed by atoms with van der Waals surface area (Å²) >= 11 is 0. The predicted octanol–water partition coefficient (Wildman–Crippen LogP) is 4.13. The van der Waals surface area contributed by atoms with Crippen molar-refractivity contribution >= 4 is 5.52 Å². The van der Waals surface area contributed by atoms with Gasteiger partial charge in [-0.25, -0.2) is 4.52 Å². The van der Waals surface area contributed by atoms with Crippen LogP contribution >= 0.6 is 0 Å². The van der Waals surface area contributed by atoms with E-state index < -0.39 is 0 Å². The van der Waals surface area contributed by atoms with Crippen LogP contribution in [0.4, 0.5) is 0 Å². The van der Waals surface area contributed by atoms with E-state index in [1.54, 1.807) is 0 Å². The van der Waals surface area contributed by atoms with Crippen LogP contribution in [0.5, 0.6) is 0 Å². The molecule has 5 nitrogen and oxygen atoms in total. The molecule has 1 aliphatic heterocycles. The van der Waals surface area contributed by atoms with Crippen molar-refractivity contribution in [1.29, 1.82) is 0 Å². The van der Waals surface area contributed by atoms with Gasteiger partial charge in [0.1, 0.15) is 5.69 Å². The minimum Gasteiger partial charge on any atom is -0.290 e. The third-order valence-electron chi connectivity index (χ3n) is 5.36. The van der Waals surface area contributed by atoms with Gasteiger partial charge in [0.25, 0.3) is 0 Å². The second kappa shape index (κ2) is 6.93. The van der Waals surface area contributed by atoms with Crippen LogP contribution in [0.25, 0.3) is 16.6 Å². The molecular formula is C22H21N5. The Kier molecular flexibility index (Phi) is 4.14. The largest absolute Gasteiger partial charge is 0.290 e. The van der Waals surface area contributed by atoms with Crippen LogP contribution in [0.2, 0.25) is 0 Å². The molecule has 1 saturated heterocycles. The summed E-state index contributed by atoms with van der Waals surface area (Å²) in [6.45, 7) is 2.02. The summed E-state index contributed by atoms with van der Waals surface area (Å²) in [5.74, 6) is 0. The monoisotopic (exact) mass is 355 g/mol. The van der Waals surface area contributed by atoms with Crippen LogP contribution in [0.15, 0.2) is 73.2 Å². The predicted molar refractivity (Wildman–Crippen MR) is 105 cm³/mol. The Balaban J connectivity index is 1.46. The maximum Gasteiger partial charge on any atom is 0.108 e. The molecule has 3 aromatic heterocycles. The lowest BCUT2D eigenvalue weighted by Crippen LogP contribution is -2.23. The van der Waals surface area contributed by atoms with Crippen LogP contribution < -0.4 is 0 Å². The Morgan fingerprint density at radius 3 is 2.63 bits per heavy atom. The standard InChI is InChI=1S/C22H21N5/c1-2-5-18(6-3-1)19-8-9-21-22(24-25-27(21)16-19)20-7-4-14-26(20)15-17-10-12-23-13-11-17/h1-3,5-6,8-13,16,20H,4,7,14-15H2/t20-/m0/s1. The zero-order valence-electron chi connectivity index (χ0n) is 15.1. The van der Waals surface area contributed by atoms with Crippen LogP contribution in [-0.2, 0) is 6.54 Å². The van der Waals surface area contributed by atoms with E-state index in [4.69, 9.17) is 0 Å². The smallest absolute Gasteiger partial charge is 0.108 e. The van der Waals surface area contributed by atoms with Crippen molar-refractivity contribution in [2.45, 2.75) is 25.4 Å². The van der Waals surface area contributed by atoms with Crippen molar-refractivity contribution in [3.05, 3.63) is 84.4 Å². The Morgan fingerprint density at radius 1 is 0.926 bits per heavy atom. The summed E-state index contributed by atoms with van der Waals surface area (Å²) in [5.41, 5.74) is 5.82. The van der Waals surface area contributed by atoms with Gasteiger partial charge < -0.3 is 0 Å². The maximum absolute atomic E-state index is 4.56. The minimum absolute atomic E-state index is 0.318. The summed E-state index contributed by atoms with van der Waals surface area (Å²) < 4.78 is 1.92. The van der Waals surface area contributed by atoms with Crippen molar-refractivity contribution in [2.75, 3.05) is 6.54 Å². The highest BCUT2D eigenvalue weighted by Crippen LogP contribution is 2.34. The topological polar surface area (TPSA) is 46.3 Å². The van der Waals surface area contributed by atoms with E-state index in [1.807, 2.05) is 23.0 Å². The van der Waals surface area contributed by atoms with Gasteiger partial charge in [-0.15, -0.1) is 5.10 Å². The van der Waals surface area contributed by atoms with E-state index in [-0.39, 0.29) is 0 Å². The van der Waals surface area contributed by atoms with Crippen molar-refractivity contribution in [3.8, 4) is 11.1 Å². The average molecular weight is 355 g/mol. The Morgan fingerprint density at radius 2 is 1.78 bits per heavy atom. The molecule has 0 radical (unpaired) electrons. The molecule has 0 bridgehead atoms. The van der Waals surface area contributed by atoms with Crippen molar-refractivity contribution in [3.63, 3.8) is 0 Å². The van der Waals surface area contributed by atoms with Gasteiger partial charge in [-0.1, -0.05) is 41.6 Å². The fraction of sp³-hybridized carbons (Fsp3) is 0.227. The highest BCUT2D eigenvalue weighted by atomic mass is 15.4. The minimum atomic E-state index is 0.318. The highest BCUT2D eigenvalue weighted by molar-refractivity contribution is 5.66. The summed E-state index contributed by atoms with van der Waals surface area (Å²) in [6, 6.07) is 19.2. The molecule has 1 aromatic carbocycles. The van der Waals surface area contributed by atoms with Crippen molar-refractivity contribution in [2.24, 2.45) is 0 Å². The van der Waals surface area contributed by atoms with Gasteiger partial charge in [0, 0.05) is 30.7 Å². The number of aromatic nitrogens is 4. The van der Waals surface area contributed by atoms with Gasteiger partial charge in [-0.05, 0) is 48.7 Å². The number of pyridine rings is 2. The van der Waals surface area contributed by atoms with Gasteiger partial charge in [-0.3, -0.25) is 9.88 Å². The quantitative estimate of drug-likeness (QED) is 0.552. The lowest BCUT2D eigenvalue weighted by Gasteiger charge is -2.23. The molecule has 4 aromatic rings. The molecule has 0 saturated carbocycles. The number of hydrogen-bond acceptors (Lipinski definition) is 4. The molecule has 4 heterocycles.